The van der Waals surface area contributed by atoms with Crippen molar-refractivity contribution in [2.75, 3.05) is 7.11 Å². The minimum Gasteiger partial charge on any atom is -0.465 e. The van der Waals surface area contributed by atoms with E-state index in [2.05, 4.69) is 5.32 Å². The van der Waals surface area contributed by atoms with Gasteiger partial charge in [0.1, 0.15) is 16.9 Å². The molecule has 2 aromatic rings. The van der Waals surface area contributed by atoms with Crippen LogP contribution in [0.15, 0.2) is 16.5 Å². The van der Waals surface area contributed by atoms with Gasteiger partial charge < -0.3 is 19.2 Å². The number of carbonyl (C=O) groups is 2. The molecule has 1 atom stereocenters. The number of benzene rings is 1. The summed E-state index contributed by atoms with van der Waals surface area (Å²) >= 11 is 6.42. The van der Waals surface area contributed by atoms with Gasteiger partial charge in [0.05, 0.1) is 18.2 Å². The Morgan fingerprint density at radius 3 is 2.48 bits per heavy atom. The smallest absolute Gasteiger partial charge is 0.408 e. The second-order valence-electron chi connectivity index (χ2n) is 6.83. The van der Waals surface area contributed by atoms with Crippen LogP contribution in [0.1, 0.15) is 55.4 Å². The second kappa shape index (κ2) is 6.96. The van der Waals surface area contributed by atoms with Gasteiger partial charge >= 0.3 is 12.1 Å². The van der Waals surface area contributed by atoms with Crippen LogP contribution in [0.2, 0.25) is 5.02 Å². The largest absolute Gasteiger partial charge is 0.465 e. The number of rotatable bonds is 3. The Balaban J connectivity index is 2.41. The number of fused-ring (bicyclic) bond motifs is 1. The van der Waals surface area contributed by atoms with E-state index >= 15 is 0 Å². The fourth-order valence-corrected chi connectivity index (χ4v) is 2.77. The molecule has 6 nitrogen and oxygen atoms in total. The molecule has 0 aliphatic heterocycles. The molecule has 2 rings (SSSR count). The lowest BCUT2D eigenvalue weighted by Gasteiger charge is -2.21. The van der Waals surface area contributed by atoms with Crippen molar-refractivity contribution in [1.29, 1.82) is 0 Å². The van der Waals surface area contributed by atoms with Gasteiger partial charge in [0.15, 0.2) is 5.58 Å². The van der Waals surface area contributed by atoms with Gasteiger partial charge in [0.25, 0.3) is 0 Å². The van der Waals surface area contributed by atoms with Crippen molar-refractivity contribution in [3.8, 4) is 0 Å². The van der Waals surface area contributed by atoms with Crippen LogP contribution in [0, 0.1) is 6.92 Å². The maximum absolute atomic E-state index is 12.0. The average Bonchev–Trinajstić information content (AvgIpc) is 2.81. The van der Waals surface area contributed by atoms with Crippen molar-refractivity contribution in [1.82, 2.24) is 5.32 Å². The minimum absolute atomic E-state index is 0.287. The number of hydrogen-bond donors (Lipinski definition) is 1. The lowest BCUT2D eigenvalue weighted by molar-refractivity contribution is 0.0501. The number of ether oxygens (including phenoxy) is 2. The first-order valence-electron chi connectivity index (χ1n) is 7.84. The van der Waals surface area contributed by atoms with Gasteiger partial charge in [-0.1, -0.05) is 11.6 Å². The van der Waals surface area contributed by atoms with Crippen LogP contribution in [0.25, 0.3) is 11.0 Å². The summed E-state index contributed by atoms with van der Waals surface area (Å²) in [4.78, 5) is 23.9. The highest BCUT2D eigenvalue weighted by atomic mass is 35.5. The standard InChI is InChI=1S/C18H22ClNO5/c1-9-7-11-13(19)14(10(2)20-17(22)25-18(3,4)5)24-15(11)12(8-9)16(21)23-6/h7-8,10H,1-6H3,(H,20,22). The number of furan rings is 1. The zero-order chi connectivity index (χ0) is 18.9. The molecule has 0 fully saturated rings. The molecule has 1 unspecified atom stereocenters. The molecule has 0 saturated heterocycles. The maximum atomic E-state index is 12.0. The highest BCUT2D eigenvalue weighted by Gasteiger charge is 2.25. The number of aryl methyl sites for hydroxylation is 1. The Hall–Kier alpha value is -2.21. The average molecular weight is 368 g/mol. The van der Waals surface area contributed by atoms with Gasteiger partial charge in [-0.15, -0.1) is 0 Å². The lowest BCUT2D eigenvalue weighted by Crippen LogP contribution is -2.33. The molecule has 0 aliphatic rings. The predicted octanol–water partition coefficient (Wildman–Crippen LogP) is 4.77. The molecule has 1 aromatic carbocycles. The molecule has 25 heavy (non-hydrogen) atoms. The summed E-state index contributed by atoms with van der Waals surface area (Å²) in [5.41, 5.74) is 0.844. The van der Waals surface area contributed by atoms with Crippen molar-refractivity contribution in [3.05, 3.63) is 34.0 Å². The molecule has 1 amide bonds. The number of carbonyl (C=O) groups excluding carboxylic acids is 2. The molecule has 7 heteroatoms. The third-order valence-electron chi connectivity index (χ3n) is 3.43. The van der Waals surface area contributed by atoms with Crippen molar-refractivity contribution < 1.29 is 23.5 Å². The highest BCUT2D eigenvalue weighted by Crippen LogP contribution is 2.37. The molecular weight excluding hydrogens is 346 g/mol. The van der Waals surface area contributed by atoms with Crippen molar-refractivity contribution in [3.63, 3.8) is 0 Å². The molecule has 1 heterocycles. The van der Waals surface area contributed by atoms with Gasteiger partial charge in [0.2, 0.25) is 0 Å². The molecular formula is C18H22ClNO5. The Morgan fingerprint density at radius 2 is 1.92 bits per heavy atom. The third-order valence-corrected chi connectivity index (χ3v) is 3.82. The number of hydrogen-bond acceptors (Lipinski definition) is 5. The van der Waals surface area contributed by atoms with Gasteiger partial charge in [0, 0.05) is 5.39 Å². The molecule has 0 bridgehead atoms. The van der Waals surface area contributed by atoms with Crippen LogP contribution in [-0.4, -0.2) is 24.8 Å². The van der Waals surface area contributed by atoms with Gasteiger partial charge in [-0.2, -0.15) is 0 Å². The van der Waals surface area contributed by atoms with Crippen LogP contribution < -0.4 is 5.32 Å². The quantitative estimate of drug-likeness (QED) is 0.791. The summed E-state index contributed by atoms with van der Waals surface area (Å²) in [6.07, 6.45) is -0.583. The highest BCUT2D eigenvalue weighted by molar-refractivity contribution is 6.36. The van der Waals surface area contributed by atoms with Crippen LogP contribution >= 0.6 is 11.6 Å². The first-order chi connectivity index (χ1) is 11.5. The maximum Gasteiger partial charge on any atom is 0.408 e. The first kappa shape index (κ1) is 19.1. The summed E-state index contributed by atoms with van der Waals surface area (Å²) in [7, 11) is 1.30. The van der Waals surface area contributed by atoms with Crippen molar-refractivity contribution in [2.45, 2.75) is 46.3 Å². The van der Waals surface area contributed by atoms with Gasteiger partial charge in [-0.25, -0.2) is 9.59 Å². The minimum atomic E-state index is -0.614. The summed E-state index contributed by atoms with van der Waals surface area (Å²) < 4.78 is 15.8. The second-order valence-corrected chi connectivity index (χ2v) is 7.21. The summed E-state index contributed by atoms with van der Waals surface area (Å²) in [5.74, 6) is -0.170. The Morgan fingerprint density at radius 1 is 1.28 bits per heavy atom. The first-order valence-corrected chi connectivity index (χ1v) is 8.21. The molecule has 0 radical (unpaired) electrons. The Labute approximate surface area is 151 Å². The third kappa shape index (κ3) is 4.25. The fourth-order valence-electron chi connectivity index (χ4n) is 2.42. The SMILES string of the molecule is COC(=O)c1cc(C)cc2c(Cl)c(C(C)NC(=O)OC(C)(C)C)oc12. The van der Waals surface area contributed by atoms with Crippen LogP contribution in [0.4, 0.5) is 4.79 Å². The number of halogens is 1. The molecule has 136 valence electrons. The predicted molar refractivity (Wildman–Crippen MR) is 95.1 cm³/mol. The van der Waals surface area contributed by atoms with Gasteiger partial charge in [-0.05, 0) is 52.3 Å². The number of esters is 1. The Bertz CT molecular complexity index is 819. The number of nitrogens with one attached hydrogen (secondary N) is 1. The summed E-state index contributed by atoms with van der Waals surface area (Å²) in [6.45, 7) is 8.89. The summed E-state index contributed by atoms with van der Waals surface area (Å²) in [5, 5.41) is 3.61. The Kier molecular flexibility index (Phi) is 5.32. The topological polar surface area (TPSA) is 77.8 Å². The zero-order valence-electron chi connectivity index (χ0n) is 15.2. The van der Waals surface area contributed by atoms with Crippen molar-refractivity contribution in [2.24, 2.45) is 0 Å². The number of methoxy groups -OCH3 is 1. The normalized spacial score (nSPS) is 12.8. The molecule has 0 aliphatic carbocycles. The van der Waals surface area contributed by atoms with Crippen LogP contribution in [0.3, 0.4) is 0 Å². The number of alkyl carbamates (subject to hydrolysis) is 1. The van der Waals surface area contributed by atoms with Crippen molar-refractivity contribution >= 4 is 34.6 Å². The van der Waals surface area contributed by atoms with E-state index in [1.54, 1.807) is 33.8 Å². The van der Waals surface area contributed by atoms with E-state index in [4.69, 9.17) is 25.5 Å². The number of amides is 1. The van der Waals surface area contributed by atoms with Crippen LogP contribution in [0.5, 0.6) is 0 Å². The van der Waals surface area contributed by atoms with E-state index in [0.29, 0.717) is 21.8 Å². The van der Waals surface area contributed by atoms with E-state index in [-0.39, 0.29) is 5.56 Å². The summed E-state index contributed by atoms with van der Waals surface area (Å²) in [6, 6.07) is 2.95. The molecule has 0 spiro atoms. The zero-order valence-corrected chi connectivity index (χ0v) is 15.9. The fraction of sp³-hybridized carbons (Fsp3) is 0.444. The lowest BCUT2D eigenvalue weighted by atomic mass is 10.1. The molecule has 1 aromatic heterocycles. The van der Waals surface area contributed by atoms with E-state index in [9.17, 15) is 9.59 Å². The molecule has 0 saturated carbocycles. The van der Waals surface area contributed by atoms with E-state index < -0.39 is 23.7 Å². The van der Waals surface area contributed by atoms with Gasteiger partial charge in [-0.3, -0.25) is 0 Å². The molecule has 1 N–H and O–H groups in total. The van der Waals surface area contributed by atoms with E-state index in [0.717, 1.165) is 5.56 Å². The van der Waals surface area contributed by atoms with E-state index in [1.807, 2.05) is 13.0 Å². The van der Waals surface area contributed by atoms with Crippen LogP contribution in [-0.2, 0) is 9.47 Å². The van der Waals surface area contributed by atoms with E-state index in [1.165, 1.54) is 7.11 Å². The monoisotopic (exact) mass is 367 g/mol.